The summed E-state index contributed by atoms with van der Waals surface area (Å²) >= 11 is 0. The predicted molar refractivity (Wildman–Crippen MR) is 82.2 cm³/mol. The Morgan fingerprint density at radius 1 is 1.19 bits per heavy atom. The summed E-state index contributed by atoms with van der Waals surface area (Å²) in [6, 6.07) is 10.1. The molecule has 1 aromatic carbocycles. The summed E-state index contributed by atoms with van der Waals surface area (Å²) < 4.78 is 6.07. The fraction of sp³-hybridized carbons (Fsp3) is 0.588. The van der Waals surface area contributed by atoms with Crippen LogP contribution in [0.1, 0.15) is 12.8 Å². The molecular formula is C17H24N2O2. The molecule has 1 amide bonds. The second-order valence-corrected chi connectivity index (χ2v) is 6.53. The summed E-state index contributed by atoms with van der Waals surface area (Å²) in [5, 5.41) is 0. The van der Waals surface area contributed by atoms with E-state index in [0.717, 1.165) is 31.7 Å². The highest BCUT2D eigenvalue weighted by Gasteiger charge is 2.42. The van der Waals surface area contributed by atoms with Gasteiger partial charge in [0.15, 0.2) is 0 Å². The Hall–Kier alpha value is -1.55. The van der Waals surface area contributed by atoms with Gasteiger partial charge in [-0.25, -0.2) is 0 Å². The molecule has 3 rings (SSSR count). The Kier molecular flexibility index (Phi) is 4.15. The molecule has 21 heavy (non-hydrogen) atoms. The number of fused-ring (bicyclic) bond motifs is 1. The summed E-state index contributed by atoms with van der Waals surface area (Å²) in [6.45, 7) is 2.64. The van der Waals surface area contributed by atoms with E-state index in [1.807, 2.05) is 44.4 Å². The third-order valence-electron chi connectivity index (χ3n) is 4.69. The summed E-state index contributed by atoms with van der Waals surface area (Å²) in [4.78, 5) is 15.8. The molecule has 4 heteroatoms. The van der Waals surface area contributed by atoms with Crippen LogP contribution in [0.5, 0.6) is 5.75 Å². The lowest BCUT2D eigenvalue weighted by molar-refractivity contribution is -0.129. The second-order valence-electron chi connectivity index (χ2n) is 6.53. The van der Waals surface area contributed by atoms with Gasteiger partial charge < -0.3 is 9.64 Å². The summed E-state index contributed by atoms with van der Waals surface area (Å²) in [6.07, 6.45) is 2.58. The molecule has 1 aliphatic heterocycles. The van der Waals surface area contributed by atoms with Crippen LogP contribution in [0.2, 0.25) is 0 Å². The molecule has 1 aromatic rings. The number of rotatable bonds is 4. The van der Waals surface area contributed by atoms with E-state index in [-0.39, 0.29) is 5.91 Å². The SMILES string of the molecule is CN(C)C(=O)CN1C[C@H]2CC(Oc3ccccc3)C[C@H]2C1. The number of likely N-dealkylation sites (tertiary alicyclic amines) is 1. The number of amides is 1. The van der Waals surface area contributed by atoms with Gasteiger partial charge >= 0.3 is 0 Å². The fourth-order valence-corrected chi connectivity index (χ4v) is 3.59. The Morgan fingerprint density at radius 2 is 1.81 bits per heavy atom. The Morgan fingerprint density at radius 3 is 2.38 bits per heavy atom. The molecule has 1 unspecified atom stereocenters. The Bertz CT molecular complexity index is 475. The first-order chi connectivity index (χ1) is 10.1. The first-order valence-corrected chi connectivity index (χ1v) is 7.76. The van der Waals surface area contributed by atoms with Gasteiger partial charge in [-0.05, 0) is 36.8 Å². The molecule has 0 N–H and O–H groups in total. The van der Waals surface area contributed by atoms with Crippen LogP contribution in [-0.2, 0) is 4.79 Å². The van der Waals surface area contributed by atoms with Crippen molar-refractivity contribution in [2.24, 2.45) is 11.8 Å². The molecule has 3 atom stereocenters. The molecule has 1 heterocycles. The maximum atomic E-state index is 11.8. The van der Waals surface area contributed by atoms with E-state index >= 15 is 0 Å². The van der Waals surface area contributed by atoms with E-state index in [1.165, 1.54) is 0 Å². The van der Waals surface area contributed by atoms with Gasteiger partial charge in [0.05, 0.1) is 12.6 Å². The van der Waals surface area contributed by atoms with Crippen LogP contribution in [-0.4, -0.2) is 55.5 Å². The molecule has 2 aliphatic rings. The zero-order valence-electron chi connectivity index (χ0n) is 12.9. The number of hydrogen-bond acceptors (Lipinski definition) is 3. The topological polar surface area (TPSA) is 32.8 Å². The van der Waals surface area contributed by atoms with Crippen molar-refractivity contribution in [2.75, 3.05) is 33.7 Å². The smallest absolute Gasteiger partial charge is 0.236 e. The van der Waals surface area contributed by atoms with Gasteiger partial charge in [0.25, 0.3) is 0 Å². The van der Waals surface area contributed by atoms with E-state index in [2.05, 4.69) is 4.90 Å². The van der Waals surface area contributed by atoms with Crippen molar-refractivity contribution in [1.82, 2.24) is 9.80 Å². The summed E-state index contributed by atoms with van der Waals surface area (Å²) in [7, 11) is 3.64. The minimum Gasteiger partial charge on any atom is -0.490 e. The molecule has 1 saturated carbocycles. The van der Waals surface area contributed by atoms with Crippen molar-refractivity contribution in [3.05, 3.63) is 30.3 Å². The number of nitrogens with zero attached hydrogens (tertiary/aromatic N) is 2. The first kappa shape index (κ1) is 14.4. The van der Waals surface area contributed by atoms with Crippen LogP contribution in [0.15, 0.2) is 30.3 Å². The second kappa shape index (κ2) is 6.06. The largest absolute Gasteiger partial charge is 0.490 e. The van der Waals surface area contributed by atoms with Crippen molar-refractivity contribution < 1.29 is 9.53 Å². The summed E-state index contributed by atoms with van der Waals surface area (Å²) in [5.74, 6) is 2.55. The van der Waals surface area contributed by atoms with E-state index in [0.29, 0.717) is 24.5 Å². The highest BCUT2D eigenvalue weighted by Crippen LogP contribution is 2.39. The zero-order chi connectivity index (χ0) is 14.8. The number of likely N-dealkylation sites (N-methyl/N-ethyl adjacent to an activating group) is 1. The molecule has 0 bridgehead atoms. The van der Waals surface area contributed by atoms with Crippen molar-refractivity contribution in [3.8, 4) is 5.75 Å². The average molecular weight is 288 g/mol. The van der Waals surface area contributed by atoms with Crippen molar-refractivity contribution in [3.63, 3.8) is 0 Å². The van der Waals surface area contributed by atoms with Gasteiger partial charge in [-0.15, -0.1) is 0 Å². The van der Waals surface area contributed by atoms with Gasteiger partial charge in [0.2, 0.25) is 5.91 Å². The number of benzene rings is 1. The van der Waals surface area contributed by atoms with Gasteiger partial charge in [-0.1, -0.05) is 18.2 Å². The van der Waals surface area contributed by atoms with Crippen molar-refractivity contribution in [2.45, 2.75) is 18.9 Å². The molecule has 1 aliphatic carbocycles. The van der Waals surface area contributed by atoms with E-state index < -0.39 is 0 Å². The number of hydrogen-bond donors (Lipinski definition) is 0. The van der Waals surface area contributed by atoms with Gasteiger partial charge in [-0.2, -0.15) is 0 Å². The normalized spacial score (nSPS) is 28.4. The first-order valence-electron chi connectivity index (χ1n) is 7.76. The maximum absolute atomic E-state index is 11.8. The standard InChI is InChI=1S/C17H24N2O2/c1-18(2)17(20)12-19-10-13-8-16(9-14(13)11-19)21-15-6-4-3-5-7-15/h3-7,13-14,16H,8-12H2,1-2H3/t13-,14+,16?. The Balaban J connectivity index is 1.49. The lowest BCUT2D eigenvalue weighted by atomic mass is 10.0. The Labute approximate surface area is 126 Å². The van der Waals surface area contributed by atoms with Crippen LogP contribution in [0.3, 0.4) is 0 Å². The molecule has 0 aromatic heterocycles. The average Bonchev–Trinajstić information content (AvgIpc) is 2.97. The van der Waals surface area contributed by atoms with Crippen LogP contribution < -0.4 is 4.74 Å². The lowest BCUT2D eigenvalue weighted by Crippen LogP contribution is -2.36. The highest BCUT2D eigenvalue weighted by molar-refractivity contribution is 5.77. The number of para-hydroxylation sites is 1. The van der Waals surface area contributed by atoms with Gasteiger partial charge in [0, 0.05) is 27.2 Å². The molecule has 0 spiro atoms. The minimum atomic E-state index is 0.201. The van der Waals surface area contributed by atoms with Crippen molar-refractivity contribution in [1.29, 1.82) is 0 Å². The zero-order valence-corrected chi connectivity index (χ0v) is 12.9. The van der Waals surface area contributed by atoms with Gasteiger partial charge in [-0.3, -0.25) is 9.69 Å². The molecule has 4 nitrogen and oxygen atoms in total. The summed E-state index contributed by atoms with van der Waals surface area (Å²) in [5.41, 5.74) is 0. The minimum absolute atomic E-state index is 0.201. The third kappa shape index (κ3) is 3.38. The van der Waals surface area contributed by atoms with Crippen LogP contribution in [0, 0.1) is 11.8 Å². The molecule has 2 fully saturated rings. The fourth-order valence-electron chi connectivity index (χ4n) is 3.59. The monoisotopic (exact) mass is 288 g/mol. The van der Waals surface area contributed by atoms with Gasteiger partial charge in [0.1, 0.15) is 5.75 Å². The quantitative estimate of drug-likeness (QED) is 0.848. The predicted octanol–water partition coefficient (Wildman–Crippen LogP) is 1.86. The lowest BCUT2D eigenvalue weighted by Gasteiger charge is -2.21. The maximum Gasteiger partial charge on any atom is 0.236 e. The highest BCUT2D eigenvalue weighted by atomic mass is 16.5. The number of ether oxygens (including phenoxy) is 1. The van der Waals surface area contributed by atoms with Crippen LogP contribution >= 0.6 is 0 Å². The third-order valence-corrected chi connectivity index (χ3v) is 4.69. The van der Waals surface area contributed by atoms with Crippen LogP contribution in [0.25, 0.3) is 0 Å². The van der Waals surface area contributed by atoms with E-state index in [1.54, 1.807) is 4.90 Å². The number of carbonyl (C=O) groups is 1. The number of carbonyl (C=O) groups excluding carboxylic acids is 1. The molecule has 0 radical (unpaired) electrons. The molecule has 114 valence electrons. The van der Waals surface area contributed by atoms with E-state index in [9.17, 15) is 4.79 Å². The molecular weight excluding hydrogens is 264 g/mol. The molecule has 1 saturated heterocycles. The van der Waals surface area contributed by atoms with Crippen LogP contribution in [0.4, 0.5) is 0 Å². The van der Waals surface area contributed by atoms with E-state index in [4.69, 9.17) is 4.74 Å². The van der Waals surface area contributed by atoms with Crippen molar-refractivity contribution >= 4 is 5.91 Å².